The zero-order valence-electron chi connectivity index (χ0n) is 9.76. The molecule has 1 atom stereocenters. The third kappa shape index (κ3) is 2.00. The lowest BCUT2D eigenvalue weighted by Crippen LogP contribution is -2.14. The number of hydrogen-bond acceptors (Lipinski definition) is 2. The van der Waals surface area contributed by atoms with Crippen LogP contribution in [0.3, 0.4) is 0 Å². The van der Waals surface area contributed by atoms with Gasteiger partial charge in [0.1, 0.15) is 5.75 Å². The Morgan fingerprint density at radius 2 is 2.00 bits per heavy atom. The molecule has 0 bridgehead atoms. The van der Waals surface area contributed by atoms with Crippen LogP contribution in [-0.4, -0.2) is 13.7 Å². The lowest BCUT2D eigenvalue weighted by atomic mass is 9.99. The highest BCUT2D eigenvalue weighted by molar-refractivity contribution is 5.43. The average Bonchev–Trinajstić information content (AvgIpc) is 2.74. The van der Waals surface area contributed by atoms with Crippen molar-refractivity contribution in [1.82, 2.24) is 5.32 Å². The summed E-state index contributed by atoms with van der Waals surface area (Å²) in [5.74, 6) is 1.03. The minimum absolute atomic E-state index is 0.485. The maximum atomic E-state index is 5.45. The average molecular weight is 205 g/mol. The van der Waals surface area contributed by atoms with E-state index < -0.39 is 0 Å². The molecule has 1 fully saturated rings. The van der Waals surface area contributed by atoms with E-state index in [1.807, 2.05) is 0 Å². The molecule has 0 amide bonds. The Morgan fingerprint density at radius 3 is 2.60 bits per heavy atom. The molecule has 2 nitrogen and oxygen atoms in total. The van der Waals surface area contributed by atoms with Gasteiger partial charge in [0.15, 0.2) is 0 Å². The van der Waals surface area contributed by atoms with Crippen LogP contribution in [0.4, 0.5) is 0 Å². The number of methoxy groups -OCH3 is 1. The zero-order chi connectivity index (χ0) is 10.8. The first kappa shape index (κ1) is 10.5. The predicted octanol–water partition coefficient (Wildman–Crippen LogP) is 2.74. The quantitative estimate of drug-likeness (QED) is 0.801. The second-order valence-electron chi connectivity index (χ2n) is 4.33. The van der Waals surface area contributed by atoms with Gasteiger partial charge in [0.05, 0.1) is 7.11 Å². The molecule has 0 unspecified atom stereocenters. The van der Waals surface area contributed by atoms with Gasteiger partial charge >= 0.3 is 0 Å². The summed E-state index contributed by atoms with van der Waals surface area (Å²) in [4.78, 5) is 0. The summed E-state index contributed by atoms with van der Waals surface area (Å²) < 4.78 is 5.45. The Bertz CT molecular complexity index is 354. The maximum Gasteiger partial charge on any atom is 0.123 e. The zero-order valence-corrected chi connectivity index (χ0v) is 9.76. The van der Waals surface area contributed by atoms with Crippen LogP contribution < -0.4 is 10.1 Å². The molecule has 2 rings (SSSR count). The Kier molecular flexibility index (Phi) is 2.96. The van der Waals surface area contributed by atoms with Crippen molar-refractivity contribution in [3.63, 3.8) is 0 Å². The Balaban J connectivity index is 2.39. The van der Waals surface area contributed by atoms with E-state index in [2.05, 4.69) is 31.3 Å². The number of rotatable bonds is 2. The highest BCUT2D eigenvalue weighted by Gasteiger charge is 2.20. The largest absolute Gasteiger partial charge is 0.496 e. The van der Waals surface area contributed by atoms with Gasteiger partial charge in [-0.15, -0.1) is 0 Å². The summed E-state index contributed by atoms with van der Waals surface area (Å²) in [6, 6.07) is 4.89. The minimum atomic E-state index is 0.485. The molecule has 1 aliphatic heterocycles. The second-order valence-corrected chi connectivity index (χ2v) is 4.33. The molecule has 0 radical (unpaired) electrons. The fraction of sp³-hybridized carbons (Fsp3) is 0.538. The summed E-state index contributed by atoms with van der Waals surface area (Å²) in [5.41, 5.74) is 3.96. The first-order valence-electron chi connectivity index (χ1n) is 5.61. The van der Waals surface area contributed by atoms with E-state index in [1.54, 1.807) is 7.11 Å². The molecule has 0 aliphatic carbocycles. The van der Waals surface area contributed by atoms with Gasteiger partial charge in [-0.3, -0.25) is 0 Å². The van der Waals surface area contributed by atoms with Crippen LogP contribution in [0.15, 0.2) is 12.1 Å². The highest BCUT2D eigenvalue weighted by Crippen LogP contribution is 2.32. The topological polar surface area (TPSA) is 21.3 Å². The fourth-order valence-corrected chi connectivity index (χ4v) is 2.21. The Hall–Kier alpha value is -1.02. The van der Waals surface area contributed by atoms with Crippen molar-refractivity contribution in [2.45, 2.75) is 32.7 Å². The maximum absolute atomic E-state index is 5.45. The van der Waals surface area contributed by atoms with E-state index in [0.717, 1.165) is 12.3 Å². The van der Waals surface area contributed by atoms with Crippen LogP contribution in [0, 0.1) is 13.8 Å². The van der Waals surface area contributed by atoms with Crippen molar-refractivity contribution in [3.05, 3.63) is 28.8 Å². The molecule has 1 aliphatic rings. The lowest BCUT2D eigenvalue weighted by Gasteiger charge is -2.17. The van der Waals surface area contributed by atoms with E-state index in [-0.39, 0.29) is 0 Å². The summed E-state index contributed by atoms with van der Waals surface area (Å²) in [6.07, 6.45) is 2.49. The van der Waals surface area contributed by atoms with Crippen LogP contribution in [0.1, 0.15) is 35.6 Å². The molecule has 1 N–H and O–H groups in total. The summed E-state index contributed by atoms with van der Waals surface area (Å²) in [5, 5.41) is 3.51. The van der Waals surface area contributed by atoms with Gasteiger partial charge in [0, 0.05) is 11.6 Å². The van der Waals surface area contributed by atoms with Gasteiger partial charge in [-0.2, -0.15) is 0 Å². The molecular weight excluding hydrogens is 186 g/mol. The standard InChI is InChI=1S/C13H19NO/c1-9-7-11(12-5-4-6-14-12)13(15-3)8-10(9)2/h7-8,12,14H,4-6H2,1-3H3/t12-/m1/s1. The number of aryl methyl sites for hydroxylation is 2. The molecule has 0 aromatic heterocycles. The molecule has 15 heavy (non-hydrogen) atoms. The number of ether oxygens (including phenoxy) is 1. The second kappa shape index (κ2) is 4.23. The molecular formula is C13H19NO. The first-order chi connectivity index (χ1) is 7.22. The number of nitrogens with one attached hydrogen (secondary N) is 1. The van der Waals surface area contributed by atoms with Crippen molar-refractivity contribution in [1.29, 1.82) is 0 Å². The monoisotopic (exact) mass is 205 g/mol. The van der Waals surface area contributed by atoms with Crippen LogP contribution in [0.5, 0.6) is 5.75 Å². The Labute approximate surface area is 91.6 Å². The van der Waals surface area contributed by atoms with Gasteiger partial charge in [0.25, 0.3) is 0 Å². The van der Waals surface area contributed by atoms with E-state index in [4.69, 9.17) is 4.74 Å². The third-order valence-electron chi connectivity index (χ3n) is 3.28. The van der Waals surface area contributed by atoms with Gasteiger partial charge in [-0.1, -0.05) is 6.07 Å². The van der Waals surface area contributed by atoms with Crippen molar-refractivity contribution in [2.75, 3.05) is 13.7 Å². The third-order valence-corrected chi connectivity index (χ3v) is 3.28. The minimum Gasteiger partial charge on any atom is -0.496 e. The van der Waals surface area contributed by atoms with Crippen LogP contribution in [0.25, 0.3) is 0 Å². The van der Waals surface area contributed by atoms with Gasteiger partial charge < -0.3 is 10.1 Å². The van der Waals surface area contributed by atoms with Crippen molar-refractivity contribution in [2.24, 2.45) is 0 Å². The molecule has 82 valence electrons. The fourth-order valence-electron chi connectivity index (χ4n) is 2.21. The first-order valence-corrected chi connectivity index (χ1v) is 5.61. The van der Waals surface area contributed by atoms with E-state index in [0.29, 0.717) is 6.04 Å². The van der Waals surface area contributed by atoms with Gasteiger partial charge in [-0.25, -0.2) is 0 Å². The van der Waals surface area contributed by atoms with Crippen LogP contribution >= 0.6 is 0 Å². The van der Waals surface area contributed by atoms with Crippen LogP contribution in [0.2, 0.25) is 0 Å². The van der Waals surface area contributed by atoms with Crippen LogP contribution in [-0.2, 0) is 0 Å². The molecule has 1 aromatic rings. The van der Waals surface area contributed by atoms with Crippen molar-refractivity contribution >= 4 is 0 Å². The SMILES string of the molecule is COc1cc(C)c(C)cc1[C@H]1CCCN1. The van der Waals surface area contributed by atoms with E-state index in [1.165, 1.54) is 29.5 Å². The predicted molar refractivity (Wildman–Crippen MR) is 62.4 cm³/mol. The number of benzene rings is 1. The molecule has 1 saturated heterocycles. The van der Waals surface area contributed by atoms with E-state index in [9.17, 15) is 0 Å². The summed E-state index contributed by atoms with van der Waals surface area (Å²) in [7, 11) is 1.75. The van der Waals surface area contributed by atoms with Gasteiger partial charge in [-0.05, 0) is 50.4 Å². The summed E-state index contributed by atoms with van der Waals surface area (Å²) in [6.45, 7) is 5.41. The molecule has 0 spiro atoms. The highest BCUT2D eigenvalue weighted by atomic mass is 16.5. The van der Waals surface area contributed by atoms with Gasteiger partial charge in [0.2, 0.25) is 0 Å². The molecule has 1 aromatic carbocycles. The Morgan fingerprint density at radius 1 is 1.27 bits per heavy atom. The molecule has 0 saturated carbocycles. The molecule has 2 heteroatoms. The smallest absolute Gasteiger partial charge is 0.123 e. The summed E-state index contributed by atoms with van der Waals surface area (Å²) >= 11 is 0. The molecule has 1 heterocycles. The normalized spacial score (nSPS) is 20.6. The lowest BCUT2D eigenvalue weighted by molar-refractivity contribution is 0.403. The van der Waals surface area contributed by atoms with Crippen molar-refractivity contribution < 1.29 is 4.74 Å². The number of hydrogen-bond donors (Lipinski definition) is 1. The van der Waals surface area contributed by atoms with Crippen molar-refractivity contribution in [3.8, 4) is 5.75 Å². The van der Waals surface area contributed by atoms with E-state index >= 15 is 0 Å².